The molecule has 1 atom stereocenters. The average molecular weight is 300 g/mol. The first-order valence-electron chi connectivity index (χ1n) is 6.36. The lowest BCUT2D eigenvalue weighted by molar-refractivity contribution is 0.218. The molecule has 6 heteroatoms. The number of fused-ring (bicyclic) bond motifs is 1. The smallest absolute Gasteiger partial charge is 0.225 e. The Morgan fingerprint density at radius 3 is 2.74 bits per heavy atom. The third kappa shape index (κ3) is 2.99. The zero-order valence-corrected chi connectivity index (χ0v) is 12.9. The van der Waals surface area contributed by atoms with Crippen molar-refractivity contribution >= 4 is 39.0 Å². The summed E-state index contributed by atoms with van der Waals surface area (Å²) in [6, 6.07) is 2.09. The standard InChI is InChI=1S/C13H18ClN3OS/c1-4-8-6-9-10(17-13(3,5-2)7-18)15-12(14)16-11(9)19-8/h6,18H,4-5,7H2,1-3H3,(H,15,16,17). The molecule has 104 valence electrons. The molecule has 0 fully saturated rings. The summed E-state index contributed by atoms with van der Waals surface area (Å²) >= 11 is 7.60. The van der Waals surface area contributed by atoms with Crippen molar-refractivity contribution in [2.45, 2.75) is 39.2 Å². The Hall–Kier alpha value is -0.910. The normalized spacial score (nSPS) is 14.6. The quantitative estimate of drug-likeness (QED) is 0.830. The van der Waals surface area contributed by atoms with Crippen LogP contribution in [0.2, 0.25) is 5.28 Å². The van der Waals surface area contributed by atoms with Crippen LogP contribution in [0.25, 0.3) is 10.2 Å². The second kappa shape index (κ2) is 5.61. The third-order valence-electron chi connectivity index (χ3n) is 3.31. The van der Waals surface area contributed by atoms with E-state index in [1.165, 1.54) is 4.88 Å². The molecule has 2 aromatic heterocycles. The van der Waals surface area contributed by atoms with E-state index in [4.69, 9.17) is 11.6 Å². The molecule has 0 spiro atoms. The number of aliphatic hydroxyl groups is 1. The van der Waals surface area contributed by atoms with E-state index in [9.17, 15) is 5.11 Å². The number of hydrogen-bond donors (Lipinski definition) is 2. The molecule has 0 radical (unpaired) electrons. The van der Waals surface area contributed by atoms with E-state index >= 15 is 0 Å². The van der Waals surface area contributed by atoms with Gasteiger partial charge in [0.05, 0.1) is 17.5 Å². The van der Waals surface area contributed by atoms with Crippen LogP contribution in [0.5, 0.6) is 0 Å². The number of aromatic nitrogens is 2. The van der Waals surface area contributed by atoms with Crippen molar-refractivity contribution in [3.63, 3.8) is 0 Å². The minimum Gasteiger partial charge on any atom is -0.394 e. The second-order valence-electron chi connectivity index (χ2n) is 4.82. The van der Waals surface area contributed by atoms with Crippen molar-refractivity contribution in [3.05, 3.63) is 16.2 Å². The largest absolute Gasteiger partial charge is 0.394 e. The average Bonchev–Trinajstić information content (AvgIpc) is 2.81. The van der Waals surface area contributed by atoms with Gasteiger partial charge in [-0.2, -0.15) is 0 Å². The van der Waals surface area contributed by atoms with Gasteiger partial charge in [-0.15, -0.1) is 11.3 Å². The van der Waals surface area contributed by atoms with Gasteiger partial charge < -0.3 is 10.4 Å². The topological polar surface area (TPSA) is 58.0 Å². The van der Waals surface area contributed by atoms with Crippen LogP contribution < -0.4 is 5.32 Å². The molecule has 1 unspecified atom stereocenters. The molecule has 19 heavy (non-hydrogen) atoms. The Bertz CT molecular complexity index is 581. The van der Waals surface area contributed by atoms with Gasteiger partial charge in [0.1, 0.15) is 10.6 Å². The Balaban J connectivity index is 2.49. The van der Waals surface area contributed by atoms with Crippen LogP contribution in [0, 0.1) is 0 Å². The first-order chi connectivity index (χ1) is 9.01. The lowest BCUT2D eigenvalue weighted by Crippen LogP contribution is -2.38. The Labute approximate surface area is 121 Å². The van der Waals surface area contributed by atoms with Crippen molar-refractivity contribution < 1.29 is 5.11 Å². The summed E-state index contributed by atoms with van der Waals surface area (Å²) in [5, 5.41) is 14.0. The van der Waals surface area contributed by atoms with E-state index in [1.807, 2.05) is 13.8 Å². The molecule has 0 aliphatic carbocycles. The molecule has 4 nitrogen and oxygen atoms in total. The number of hydrogen-bond acceptors (Lipinski definition) is 5. The summed E-state index contributed by atoms with van der Waals surface area (Å²) in [6.45, 7) is 6.13. The number of aliphatic hydroxyl groups excluding tert-OH is 1. The summed E-state index contributed by atoms with van der Waals surface area (Å²) < 4.78 is 0. The van der Waals surface area contributed by atoms with Crippen molar-refractivity contribution in [1.82, 2.24) is 9.97 Å². The fourth-order valence-electron chi connectivity index (χ4n) is 1.74. The molecular formula is C13H18ClN3OS. The maximum absolute atomic E-state index is 9.50. The predicted molar refractivity (Wildman–Crippen MR) is 81.2 cm³/mol. The number of nitrogens with zero attached hydrogens (tertiary/aromatic N) is 2. The molecule has 0 aliphatic rings. The number of anilines is 1. The summed E-state index contributed by atoms with van der Waals surface area (Å²) in [5.41, 5.74) is -0.404. The van der Waals surface area contributed by atoms with Crippen LogP contribution in [-0.2, 0) is 6.42 Å². The minimum atomic E-state index is -0.404. The van der Waals surface area contributed by atoms with Gasteiger partial charge in [0.15, 0.2) is 0 Å². The number of aryl methyl sites for hydroxylation is 1. The number of nitrogens with one attached hydrogen (secondary N) is 1. The monoisotopic (exact) mass is 299 g/mol. The highest BCUT2D eigenvalue weighted by Crippen LogP contribution is 2.32. The Morgan fingerprint density at radius 2 is 2.16 bits per heavy atom. The van der Waals surface area contributed by atoms with Crippen molar-refractivity contribution in [2.24, 2.45) is 0 Å². The van der Waals surface area contributed by atoms with Gasteiger partial charge in [-0.1, -0.05) is 13.8 Å². The summed E-state index contributed by atoms with van der Waals surface area (Å²) in [6.07, 6.45) is 1.75. The van der Waals surface area contributed by atoms with Gasteiger partial charge >= 0.3 is 0 Å². The van der Waals surface area contributed by atoms with Crippen LogP contribution >= 0.6 is 22.9 Å². The van der Waals surface area contributed by atoms with Crippen LogP contribution in [-0.4, -0.2) is 27.2 Å². The molecular weight excluding hydrogens is 282 g/mol. The van der Waals surface area contributed by atoms with Gasteiger partial charge in [0, 0.05) is 4.88 Å². The molecule has 2 rings (SSSR count). The highest BCUT2D eigenvalue weighted by molar-refractivity contribution is 7.18. The third-order valence-corrected chi connectivity index (χ3v) is 4.66. The van der Waals surface area contributed by atoms with E-state index in [1.54, 1.807) is 11.3 Å². The SMILES string of the molecule is CCc1cc2c(NC(C)(CC)CO)nc(Cl)nc2s1. The van der Waals surface area contributed by atoms with E-state index in [0.717, 1.165) is 23.1 Å². The van der Waals surface area contributed by atoms with E-state index < -0.39 is 5.54 Å². The summed E-state index contributed by atoms with van der Waals surface area (Å²) in [4.78, 5) is 10.7. The summed E-state index contributed by atoms with van der Waals surface area (Å²) in [5.74, 6) is 0.698. The first kappa shape index (κ1) is 14.5. The number of halogens is 1. The van der Waals surface area contributed by atoms with Gasteiger partial charge in [-0.3, -0.25) is 0 Å². The number of rotatable bonds is 5. The van der Waals surface area contributed by atoms with Crippen LogP contribution in [0.4, 0.5) is 5.82 Å². The fourth-order valence-corrected chi connectivity index (χ4v) is 2.93. The molecule has 0 aromatic carbocycles. The molecule has 2 aromatic rings. The number of thiophene rings is 1. The summed E-state index contributed by atoms with van der Waals surface area (Å²) in [7, 11) is 0. The maximum atomic E-state index is 9.50. The molecule has 0 saturated heterocycles. The van der Waals surface area contributed by atoms with Crippen LogP contribution in [0.15, 0.2) is 6.07 Å². The van der Waals surface area contributed by atoms with Gasteiger partial charge in [0.25, 0.3) is 0 Å². The minimum absolute atomic E-state index is 0.0391. The van der Waals surface area contributed by atoms with E-state index in [2.05, 4.69) is 28.3 Å². The van der Waals surface area contributed by atoms with Gasteiger partial charge in [0.2, 0.25) is 5.28 Å². The highest BCUT2D eigenvalue weighted by atomic mass is 35.5. The van der Waals surface area contributed by atoms with Crippen molar-refractivity contribution in [2.75, 3.05) is 11.9 Å². The first-order valence-corrected chi connectivity index (χ1v) is 7.55. The predicted octanol–water partition coefficient (Wildman–Crippen LogP) is 3.48. The molecule has 0 amide bonds. The fraction of sp³-hybridized carbons (Fsp3) is 0.538. The molecule has 2 N–H and O–H groups in total. The Morgan fingerprint density at radius 1 is 1.42 bits per heavy atom. The zero-order chi connectivity index (χ0) is 14.0. The van der Waals surface area contributed by atoms with Crippen molar-refractivity contribution in [3.8, 4) is 0 Å². The molecule has 0 bridgehead atoms. The van der Waals surface area contributed by atoms with E-state index in [0.29, 0.717) is 5.82 Å². The molecule has 0 aliphatic heterocycles. The Kier molecular flexibility index (Phi) is 4.28. The van der Waals surface area contributed by atoms with Crippen molar-refractivity contribution in [1.29, 1.82) is 0 Å². The van der Waals surface area contributed by atoms with Gasteiger partial charge in [-0.05, 0) is 37.4 Å². The van der Waals surface area contributed by atoms with Crippen LogP contribution in [0.3, 0.4) is 0 Å². The zero-order valence-electron chi connectivity index (χ0n) is 11.3. The molecule has 2 heterocycles. The second-order valence-corrected chi connectivity index (χ2v) is 6.28. The maximum Gasteiger partial charge on any atom is 0.225 e. The van der Waals surface area contributed by atoms with Crippen LogP contribution in [0.1, 0.15) is 32.1 Å². The van der Waals surface area contributed by atoms with Gasteiger partial charge in [-0.25, -0.2) is 9.97 Å². The molecule has 0 saturated carbocycles. The lowest BCUT2D eigenvalue weighted by Gasteiger charge is -2.28. The lowest BCUT2D eigenvalue weighted by atomic mass is 10.0. The van der Waals surface area contributed by atoms with E-state index in [-0.39, 0.29) is 11.9 Å². The highest BCUT2D eigenvalue weighted by Gasteiger charge is 2.23.